The van der Waals surface area contributed by atoms with Gasteiger partial charge in [-0.2, -0.15) is 0 Å². The molecule has 0 saturated carbocycles. The second kappa shape index (κ2) is 77.8. The number of rotatable bonds is 85. The molecule has 0 aliphatic heterocycles. The van der Waals surface area contributed by atoms with Crippen LogP contribution in [0.3, 0.4) is 0 Å². The Bertz CT molecular complexity index is 1980. The second-order valence-corrected chi connectivity index (χ2v) is 34.0. The van der Waals surface area contributed by atoms with Gasteiger partial charge in [-0.05, 0) is 31.6 Å². The van der Waals surface area contributed by atoms with E-state index < -0.39 is 97.5 Å². The summed E-state index contributed by atoms with van der Waals surface area (Å²) < 4.78 is 68.8. The Morgan fingerprint density at radius 3 is 0.654 bits per heavy atom. The molecule has 0 rings (SSSR count). The number of unbranched alkanes of at least 4 members (excludes halogenated alkanes) is 57. The highest BCUT2D eigenvalue weighted by molar-refractivity contribution is 7.47. The molecule has 0 radical (unpaired) electrons. The van der Waals surface area contributed by atoms with Crippen LogP contribution in [0, 0.1) is 5.92 Å². The van der Waals surface area contributed by atoms with Gasteiger partial charge in [-0.1, -0.05) is 407 Å². The maximum atomic E-state index is 13.1. The van der Waals surface area contributed by atoms with Crippen LogP contribution in [0.1, 0.15) is 458 Å². The summed E-state index contributed by atoms with van der Waals surface area (Å²) in [5.41, 5.74) is 0. The molecule has 0 fully saturated rings. The van der Waals surface area contributed by atoms with Crippen molar-refractivity contribution in [1.29, 1.82) is 0 Å². The molecule has 104 heavy (non-hydrogen) atoms. The number of carbonyl (C=O) groups is 4. The van der Waals surface area contributed by atoms with Crippen LogP contribution in [-0.2, 0) is 65.4 Å². The average molecular weight is 1520 g/mol. The van der Waals surface area contributed by atoms with E-state index in [0.717, 1.165) is 95.8 Å². The van der Waals surface area contributed by atoms with Crippen molar-refractivity contribution in [2.24, 2.45) is 5.92 Å². The van der Waals surface area contributed by atoms with Crippen molar-refractivity contribution in [3.63, 3.8) is 0 Å². The van der Waals surface area contributed by atoms with Crippen LogP contribution in [0.4, 0.5) is 0 Å². The van der Waals surface area contributed by atoms with E-state index in [0.29, 0.717) is 25.7 Å². The zero-order chi connectivity index (χ0) is 76.2. The monoisotopic (exact) mass is 1520 g/mol. The van der Waals surface area contributed by atoms with Gasteiger partial charge < -0.3 is 33.8 Å². The van der Waals surface area contributed by atoms with Crippen LogP contribution in [0.5, 0.6) is 0 Å². The van der Waals surface area contributed by atoms with Crippen molar-refractivity contribution in [1.82, 2.24) is 0 Å². The minimum atomic E-state index is -4.96. The van der Waals surface area contributed by atoms with Gasteiger partial charge in [-0.25, -0.2) is 9.13 Å². The Morgan fingerprint density at radius 2 is 0.442 bits per heavy atom. The van der Waals surface area contributed by atoms with Crippen LogP contribution < -0.4 is 0 Å². The van der Waals surface area contributed by atoms with Crippen LogP contribution in [0.15, 0.2) is 0 Å². The lowest BCUT2D eigenvalue weighted by atomic mass is 10.0. The molecule has 0 bridgehead atoms. The third-order valence-corrected chi connectivity index (χ3v) is 21.9. The lowest BCUT2D eigenvalue weighted by Crippen LogP contribution is -2.30. The number of esters is 4. The van der Waals surface area contributed by atoms with E-state index in [-0.39, 0.29) is 25.7 Å². The lowest BCUT2D eigenvalue weighted by Gasteiger charge is -2.21. The first kappa shape index (κ1) is 102. The fourth-order valence-electron chi connectivity index (χ4n) is 13.3. The molecular weight excluding hydrogens is 1350 g/mol. The van der Waals surface area contributed by atoms with Crippen molar-refractivity contribution in [3.05, 3.63) is 0 Å². The largest absolute Gasteiger partial charge is 0.472 e. The van der Waals surface area contributed by atoms with Crippen molar-refractivity contribution >= 4 is 39.5 Å². The summed E-state index contributed by atoms with van der Waals surface area (Å²) in [4.78, 5) is 73.2. The third-order valence-electron chi connectivity index (χ3n) is 20.0. The maximum absolute atomic E-state index is 13.1. The first-order chi connectivity index (χ1) is 50.5. The summed E-state index contributed by atoms with van der Waals surface area (Å²) in [6.45, 7) is 7.36. The summed E-state index contributed by atoms with van der Waals surface area (Å²) >= 11 is 0. The molecule has 0 aromatic carbocycles. The fraction of sp³-hybridized carbons (Fsp3) is 0.953. The van der Waals surface area contributed by atoms with E-state index in [2.05, 4.69) is 34.6 Å². The van der Waals surface area contributed by atoms with Gasteiger partial charge in [-0.3, -0.25) is 37.3 Å². The Kier molecular flexibility index (Phi) is 76.3. The number of aliphatic hydroxyl groups is 1. The van der Waals surface area contributed by atoms with Crippen LogP contribution in [0.25, 0.3) is 0 Å². The van der Waals surface area contributed by atoms with Gasteiger partial charge in [0.15, 0.2) is 12.2 Å². The van der Waals surface area contributed by atoms with Gasteiger partial charge in [0.05, 0.1) is 26.4 Å². The molecule has 0 amide bonds. The van der Waals surface area contributed by atoms with E-state index in [1.165, 1.54) is 283 Å². The molecule has 0 saturated heterocycles. The standard InChI is InChI=1S/C85H166O17P2/c1-6-9-12-15-18-21-24-26-28-30-32-33-34-36-38-40-45-50-55-60-65-70-84(89)102-81(75-96-83(88)69-64-59-54-49-44-39-37-35-31-29-27-25-22-19-16-13-10-7-2)77-100-104(93,94)98-73-79(86)72-97-103(91,92)99-76-80(74-95-82(87)68-63-58-53-48-23-20-17-14-11-8-3)101-85(90)71-66-61-56-51-46-42-41-43-47-52-57-62-67-78(4)5/h78-81,86H,6-77H2,1-5H3,(H,91,92)(H,93,94)/t79-,80+,81+/m0/s1. The Hall–Kier alpha value is -1.94. The topological polar surface area (TPSA) is 237 Å². The molecule has 0 aromatic heterocycles. The number of carbonyl (C=O) groups excluding carboxylic acids is 4. The molecule has 0 spiro atoms. The predicted octanol–water partition coefficient (Wildman–Crippen LogP) is 26.0. The Labute approximate surface area is 638 Å². The van der Waals surface area contributed by atoms with Crippen LogP contribution in [0.2, 0.25) is 0 Å². The number of aliphatic hydroxyl groups excluding tert-OH is 1. The number of phosphoric acid groups is 2. The highest BCUT2D eigenvalue weighted by Gasteiger charge is 2.30. The van der Waals surface area contributed by atoms with Crippen molar-refractivity contribution in [3.8, 4) is 0 Å². The van der Waals surface area contributed by atoms with E-state index in [1.54, 1.807) is 0 Å². The maximum Gasteiger partial charge on any atom is 0.472 e. The quantitative estimate of drug-likeness (QED) is 0.0222. The highest BCUT2D eigenvalue weighted by Crippen LogP contribution is 2.45. The first-order valence-electron chi connectivity index (χ1n) is 44.1. The van der Waals surface area contributed by atoms with Gasteiger partial charge in [0.2, 0.25) is 0 Å². The summed E-state index contributed by atoms with van der Waals surface area (Å²) in [7, 11) is -9.92. The highest BCUT2D eigenvalue weighted by atomic mass is 31.2. The number of ether oxygens (including phenoxy) is 4. The van der Waals surface area contributed by atoms with Crippen LogP contribution >= 0.6 is 15.6 Å². The van der Waals surface area contributed by atoms with Crippen LogP contribution in [-0.4, -0.2) is 96.7 Å². The van der Waals surface area contributed by atoms with Gasteiger partial charge in [-0.15, -0.1) is 0 Å². The SMILES string of the molecule is CCCCCCCCCCCCCCCCCCCCCCCC(=O)O[C@H](COC(=O)CCCCCCCCCCCCCCCCCCCC)COP(=O)(O)OC[C@@H](O)COP(=O)(O)OC[C@@H](COC(=O)CCCCCCCCCCCC)OC(=O)CCCCCCCCCCCCCCC(C)C. The fourth-order valence-corrected chi connectivity index (χ4v) is 14.9. The predicted molar refractivity (Wildman–Crippen MR) is 428 cm³/mol. The molecule has 0 heterocycles. The smallest absolute Gasteiger partial charge is 0.462 e. The van der Waals surface area contributed by atoms with Gasteiger partial charge in [0, 0.05) is 25.7 Å². The summed E-state index contributed by atoms with van der Waals surface area (Å²) in [6, 6.07) is 0. The molecule has 0 aliphatic rings. The van der Waals surface area contributed by atoms with E-state index >= 15 is 0 Å². The molecule has 2 unspecified atom stereocenters. The number of hydrogen-bond donors (Lipinski definition) is 3. The van der Waals surface area contributed by atoms with Crippen molar-refractivity contribution in [2.75, 3.05) is 39.6 Å². The second-order valence-electron chi connectivity index (χ2n) is 31.1. The molecule has 3 N–H and O–H groups in total. The van der Waals surface area contributed by atoms with Crippen molar-refractivity contribution < 1.29 is 80.2 Å². The molecule has 0 aliphatic carbocycles. The lowest BCUT2D eigenvalue weighted by molar-refractivity contribution is -0.161. The number of phosphoric ester groups is 2. The molecule has 0 aromatic rings. The molecular formula is C85H166O17P2. The van der Waals surface area contributed by atoms with E-state index in [1.807, 2.05) is 0 Å². The minimum absolute atomic E-state index is 0.108. The van der Waals surface area contributed by atoms with E-state index in [9.17, 15) is 43.2 Å². The minimum Gasteiger partial charge on any atom is -0.462 e. The third kappa shape index (κ3) is 78.2. The van der Waals surface area contributed by atoms with Gasteiger partial charge in [0.1, 0.15) is 19.3 Å². The molecule has 19 heteroatoms. The molecule has 618 valence electrons. The zero-order valence-corrected chi connectivity index (χ0v) is 70.0. The normalized spacial score (nSPS) is 13.8. The molecule has 17 nitrogen and oxygen atoms in total. The summed E-state index contributed by atoms with van der Waals surface area (Å²) in [5.74, 6) is -1.32. The summed E-state index contributed by atoms with van der Waals surface area (Å²) in [5, 5.41) is 10.7. The Morgan fingerprint density at radius 1 is 0.260 bits per heavy atom. The van der Waals surface area contributed by atoms with E-state index in [4.69, 9.17) is 37.0 Å². The Balaban J connectivity index is 5.22. The average Bonchev–Trinajstić information content (AvgIpc) is 0.913. The number of hydrogen-bond acceptors (Lipinski definition) is 15. The molecule has 5 atom stereocenters. The van der Waals surface area contributed by atoms with Crippen molar-refractivity contribution in [2.45, 2.75) is 477 Å². The van der Waals surface area contributed by atoms with Gasteiger partial charge in [0.25, 0.3) is 0 Å². The van der Waals surface area contributed by atoms with Gasteiger partial charge >= 0.3 is 39.5 Å². The first-order valence-corrected chi connectivity index (χ1v) is 47.1. The zero-order valence-electron chi connectivity index (χ0n) is 68.2. The summed E-state index contributed by atoms with van der Waals surface area (Å²) in [6.07, 6.45) is 70.8.